The highest BCUT2D eigenvalue weighted by Gasteiger charge is 2.30. The number of hydrogen-bond acceptors (Lipinski definition) is 5. The molecule has 7 nitrogen and oxygen atoms in total. The number of halogens is 1. The molecule has 1 amide bonds. The molecule has 2 fully saturated rings. The molecule has 9 heteroatoms. The van der Waals surface area contributed by atoms with Gasteiger partial charge in [-0.05, 0) is 49.3 Å². The first-order chi connectivity index (χ1) is 14.7. The molecule has 31 heavy (non-hydrogen) atoms. The van der Waals surface area contributed by atoms with Crippen molar-refractivity contribution in [3.63, 3.8) is 0 Å². The average molecular weight is 471 g/mol. The summed E-state index contributed by atoms with van der Waals surface area (Å²) in [5.74, 6) is -0.204. The Morgan fingerprint density at radius 1 is 1.13 bits per heavy atom. The second kappa shape index (κ2) is 10.3. The molecule has 0 aromatic heterocycles. The van der Waals surface area contributed by atoms with Crippen molar-refractivity contribution < 1.29 is 22.7 Å². The van der Waals surface area contributed by atoms with E-state index in [4.69, 9.17) is 16.3 Å². The lowest BCUT2D eigenvalue weighted by Gasteiger charge is -2.34. The lowest BCUT2D eigenvalue weighted by Crippen LogP contribution is -2.45. The van der Waals surface area contributed by atoms with Crippen LogP contribution in [0.2, 0.25) is 5.02 Å². The second-order valence-corrected chi connectivity index (χ2v) is 10.9. The third-order valence-electron chi connectivity index (χ3n) is 6.49. The molecule has 0 unspecified atom stereocenters. The monoisotopic (exact) mass is 470 g/mol. The van der Waals surface area contributed by atoms with Crippen LogP contribution in [0.5, 0.6) is 0 Å². The number of carbonyl (C=O) groups excluding carboxylic acids is 2. The van der Waals surface area contributed by atoms with Crippen LogP contribution in [0.3, 0.4) is 0 Å². The highest BCUT2D eigenvalue weighted by molar-refractivity contribution is 7.89. The van der Waals surface area contributed by atoms with Crippen LogP contribution in [0.25, 0.3) is 0 Å². The number of benzene rings is 1. The molecule has 3 atom stereocenters. The Balaban J connectivity index is 1.63. The Hall–Kier alpha value is -1.64. The van der Waals surface area contributed by atoms with Crippen molar-refractivity contribution in [3.05, 3.63) is 28.8 Å². The minimum absolute atomic E-state index is 0.0486. The van der Waals surface area contributed by atoms with Gasteiger partial charge in [0.1, 0.15) is 4.90 Å². The van der Waals surface area contributed by atoms with Gasteiger partial charge in [0, 0.05) is 19.1 Å². The molecule has 3 rings (SSSR count). The van der Waals surface area contributed by atoms with E-state index in [0.29, 0.717) is 24.9 Å². The van der Waals surface area contributed by atoms with Gasteiger partial charge in [-0.2, -0.15) is 4.31 Å². The van der Waals surface area contributed by atoms with E-state index in [-0.39, 0.29) is 27.4 Å². The van der Waals surface area contributed by atoms with E-state index < -0.39 is 22.6 Å². The number of amides is 1. The molecule has 1 aliphatic carbocycles. The summed E-state index contributed by atoms with van der Waals surface area (Å²) in [6, 6.07) is 4.09. The summed E-state index contributed by atoms with van der Waals surface area (Å²) in [5.41, 5.74) is 0.0486. The Morgan fingerprint density at radius 2 is 1.84 bits per heavy atom. The summed E-state index contributed by atoms with van der Waals surface area (Å²) >= 11 is 6.14. The SMILES string of the molecule is C[C@H]1[C@H](C)CCC[C@H]1NC(=O)COC(=O)c1ccc(Cl)c(S(=O)(=O)N2CCCCC2)c1. The van der Waals surface area contributed by atoms with Gasteiger partial charge < -0.3 is 10.1 Å². The van der Waals surface area contributed by atoms with E-state index in [0.717, 1.165) is 38.5 Å². The lowest BCUT2D eigenvalue weighted by molar-refractivity contribution is -0.125. The number of sulfonamides is 1. The predicted molar refractivity (Wildman–Crippen MR) is 118 cm³/mol. The zero-order chi connectivity index (χ0) is 22.6. The fourth-order valence-electron chi connectivity index (χ4n) is 4.32. The third-order valence-corrected chi connectivity index (χ3v) is 8.87. The molecular weight excluding hydrogens is 440 g/mol. The molecule has 1 aliphatic heterocycles. The number of ether oxygens (including phenoxy) is 1. The van der Waals surface area contributed by atoms with Gasteiger partial charge in [0.15, 0.2) is 6.61 Å². The maximum atomic E-state index is 13.0. The van der Waals surface area contributed by atoms with Crippen molar-refractivity contribution in [2.75, 3.05) is 19.7 Å². The van der Waals surface area contributed by atoms with E-state index in [1.807, 2.05) is 0 Å². The van der Waals surface area contributed by atoms with Crippen LogP contribution in [-0.2, 0) is 19.6 Å². The van der Waals surface area contributed by atoms with Crippen LogP contribution < -0.4 is 5.32 Å². The van der Waals surface area contributed by atoms with Gasteiger partial charge >= 0.3 is 5.97 Å². The van der Waals surface area contributed by atoms with Gasteiger partial charge in [0.05, 0.1) is 10.6 Å². The van der Waals surface area contributed by atoms with Crippen LogP contribution >= 0.6 is 11.6 Å². The largest absolute Gasteiger partial charge is 0.452 e. The van der Waals surface area contributed by atoms with Gasteiger partial charge in [-0.1, -0.05) is 44.7 Å². The van der Waals surface area contributed by atoms with Gasteiger partial charge in [-0.3, -0.25) is 4.79 Å². The molecule has 1 N–H and O–H groups in total. The lowest BCUT2D eigenvalue weighted by atomic mass is 9.78. The molecule has 0 spiro atoms. The van der Waals surface area contributed by atoms with Crippen molar-refractivity contribution in [1.29, 1.82) is 0 Å². The molecule has 2 aliphatic rings. The van der Waals surface area contributed by atoms with Crippen LogP contribution in [0.15, 0.2) is 23.1 Å². The minimum atomic E-state index is -3.80. The summed E-state index contributed by atoms with van der Waals surface area (Å²) < 4.78 is 32.4. The van der Waals surface area contributed by atoms with Crippen LogP contribution in [0.1, 0.15) is 62.7 Å². The zero-order valence-electron chi connectivity index (χ0n) is 18.1. The fourth-order valence-corrected chi connectivity index (χ4v) is 6.34. The molecule has 0 bridgehead atoms. The molecule has 1 aromatic carbocycles. The van der Waals surface area contributed by atoms with Gasteiger partial charge in [0.25, 0.3) is 5.91 Å². The third kappa shape index (κ3) is 5.79. The maximum Gasteiger partial charge on any atom is 0.338 e. The molecule has 172 valence electrons. The van der Waals surface area contributed by atoms with Gasteiger partial charge in [-0.25, -0.2) is 13.2 Å². The number of nitrogens with zero attached hydrogens (tertiary/aromatic N) is 1. The number of rotatable bonds is 6. The topological polar surface area (TPSA) is 92.8 Å². The summed E-state index contributed by atoms with van der Waals surface area (Å²) in [7, 11) is -3.80. The van der Waals surface area contributed by atoms with Crippen molar-refractivity contribution in [2.45, 2.75) is 63.3 Å². The smallest absolute Gasteiger partial charge is 0.338 e. The number of carbonyl (C=O) groups is 2. The fraction of sp³-hybridized carbons (Fsp3) is 0.636. The molecule has 0 radical (unpaired) electrons. The predicted octanol–water partition coefficient (Wildman–Crippen LogP) is 3.61. The Kier molecular flexibility index (Phi) is 7.99. The van der Waals surface area contributed by atoms with Crippen molar-refractivity contribution in [2.24, 2.45) is 11.8 Å². The molecule has 1 saturated carbocycles. The van der Waals surface area contributed by atoms with Crippen molar-refractivity contribution in [3.8, 4) is 0 Å². The standard InChI is InChI=1S/C22H31ClN2O5S/c1-15-7-6-8-19(16(15)2)24-21(26)14-30-22(27)17-9-10-18(23)20(13-17)31(28,29)25-11-4-3-5-12-25/h9-10,13,15-16,19H,3-8,11-12,14H2,1-2H3,(H,24,26)/t15-,16+,19-/m1/s1. The minimum Gasteiger partial charge on any atom is -0.452 e. The van der Waals surface area contributed by atoms with Crippen LogP contribution in [0, 0.1) is 11.8 Å². The molecule has 1 saturated heterocycles. The highest BCUT2D eigenvalue weighted by Crippen LogP contribution is 2.30. The van der Waals surface area contributed by atoms with E-state index in [9.17, 15) is 18.0 Å². The first-order valence-corrected chi connectivity index (χ1v) is 12.8. The van der Waals surface area contributed by atoms with Crippen LogP contribution in [-0.4, -0.2) is 50.3 Å². The summed E-state index contributed by atoms with van der Waals surface area (Å²) in [6.07, 6.45) is 5.72. The molecular formula is C22H31ClN2O5S. The normalized spacial score (nSPS) is 25.1. The number of piperidine rings is 1. The Labute approximate surface area is 189 Å². The number of nitrogens with one attached hydrogen (secondary N) is 1. The first kappa shape index (κ1) is 24.0. The maximum absolute atomic E-state index is 13.0. The summed E-state index contributed by atoms with van der Waals surface area (Å²) in [6.45, 7) is 4.77. The van der Waals surface area contributed by atoms with E-state index in [1.165, 1.54) is 22.5 Å². The number of esters is 1. The quantitative estimate of drug-likeness (QED) is 0.641. The highest BCUT2D eigenvalue weighted by atomic mass is 35.5. The van der Waals surface area contributed by atoms with Crippen LogP contribution in [0.4, 0.5) is 0 Å². The van der Waals surface area contributed by atoms with Gasteiger partial charge in [-0.15, -0.1) is 0 Å². The second-order valence-electron chi connectivity index (χ2n) is 8.63. The zero-order valence-corrected chi connectivity index (χ0v) is 19.7. The Morgan fingerprint density at radius 3 is 2.55 bits per heavy atom. The summed E-state index contributed by atoms with van der Waals surface area (Å²) in [4.78, 5) is 24.6. The number of hydrogen-bond donors (Lipinski definition) is 1. The van der Waals surface area contributed by atoms with Crippen molar-refractivity contribution >= 4 is 33.5 Å². The summed E-state index contributed by atoms with van der Waals surface area (Å²) in [5, 5.41) is 3.01. The van der Waals surface area contributed by atoms with E-state index in [2.05, 4.69) is 19.2 Å². The van der Waals surface area contributed by atoms with Gasteiger partial charge in [0.2, 0.25) is 10.0 Å². The first-order valence-electron chi connectivity index (χ1n) is 11.0. The molecule has 1 heterocycles. The van der Waals surface area contributed by atoms with E-state index >= 15 is 0 Å². The Bertz CT molecular complexity index is 914. The van der Waals surface area contributed by atoms with E-state index in [1.54, 1.807) is 0 Å². The molecule has 1 aromatic rings. The van der Waals surface area contributed by atoms with Crippen molar-refractivity contribution in [1.82, 2.24) is 9.62 Å². The average Bonchev–Trinajstić information content (AvgIpc) is 2.76.